The Kier molecular flexibility index (Phi) is 5.87. The summed E-state index contributed by atoms with van der Waals surface area (Å²) >= 11 is 1.10. The third-order valence-electron chi connectivity index (χ3n) is 5.18. The van der Waals surface area contributed by atoms with E-state index in [1.165, 1.54) is 14.8 Å². The Labute approximate surface area is 188 Å². The zero-order chi connectivity index (χ0) is 22.8. The first-order valence-electron chi connectivity index (χ1n) is 9.95. The van der Waals surface area contributed by atoms with Crippen molar-refractivity contribution in [1.29, 1.82) is 0 Å². The average molecular weight is 448 g/mol. The van der Waals surface area contributed by atoms with E-state index in [1.54, 1.807) is 7.05 Å². The molecule has 2 aromatic carbocycles. The highest BCUT2D eigenvalue weighted by Gasteiger charge is 2.22. The van der Waals surface area contributed by atoms with Crippen molar-refractivity contribution >= 4 is 33.4 Å². The summed E-state index contributed by atoms with van der Waals surface area (Å²) in [5.74, 6) is -1.14. The Bertz CT molecular complexity index is 1380. The minimum absolute atomic E-state index is 0.0254. The molecule has 4 aromatic rings. The maximum absolute atomic E-state index is 13.4. The number of carboxylic acid groups (broad SMARTS) is 1. The molecule has 0 spiro atoms. The van der Waals surface area contributed by atoms with Crippen molar-refractivity contribution < 1.29 is 14.7 Å². The Morgan fingerprint density at radius 3 is 2.56 bits per heavy atom. The Hall–Kier alpha value is -3.78. The molecule has 0 saturated carbocycles. The number of carbonyl (C=O) groups is 2. The molecule has 1 N–H and O–H groups in total. The largest absolute Gasteiger partial charge is 0.478 e. The number of likely N-dealkylation sites (N-methyl/N-ethyl adjacent to an activating group) is 1. The molecule has 0 unspecified atom stereocenters. The van der Waals surface area contributed by atoms with Gasteiger partial charge in [0.25, 0.3) is 5.56 Å². The predicted octanol–water partition coefficient (Wildman–Crippen LogP) is 3.79. The average Bonchev–Trinajstić information content (AvgIpc) is 3.21. The van der Waals surface area contributed by atoms with Gasteiger partial charge in [0.05, 0.1) is 10.9 Å². The first kappa shape index (κ1) is 21.5. The number of aryl methyl sites for hydroxylation is 1. The van der Waals surface area contributed by atoms with Crippen LogP contribution in [0.5, 0.6) is 0 Å². The molecule has 1 amide bonds. The van der Waals surface area contributed by atoms with Crippen LogP contribution in [0.25, 0.3) is 21.6 Å². The third kappa shape index (κ3) is 4.17. The van der Waals surface area contributed by atoms with Gasteiger partial charge in [-0.15, -0.1) is 11.3 Å². The van der Waals surface area contributed by atoms with Gasteiger partial charge in [0.1, 0.15) is 17.2 Å². The fourth-order valence-electron chi connectivity index (χ4n) is 3.53. The number of benzene rings is 2. The summed E-state index contributed by atoms with van der Waals surface area (Å²) in [6.07, 6.45) is 0. The lowest BCUT2D eigenvalue weighted by atomic mass is 10.1. The minimum atomic E-state index is -1.20. The van der Waals surface area contributed by atoms with E-state index in [2.05, 4.69) is 4.98 Å². The quantitative estimate of drug-likeness (QED) is 0.485. The predicted molar refractivity (Wildman–Crippen MR) is 124 cm³/mol. The number of carbonyl (C=O) groups excluding carboxylic acids is 1. The second-order valence-electron chi connectivity index (χ2n) is 7.57. The molecule has 162 valence electrons. The second-order valence-corrected chi connectivity index (χ2v) is 8.42. The molecule has 0 aliphatic rings. The lowest BCUT2D eigenvalue weighted by Gasteiger charge is -2.19. The minimum Gasteiger partial charge on any atom is -0.478 e. The number of aromatic carboxylic acids is 1. The molecule has 0 radical (unpaired) electrons. The van der Waals surface area contributed by atoms with Crippen molar-refractivity contribution in [3.05, 3.63) is 87.0 Å². The van der Waals surface area contributed by atoms with Crippen molar-refractivity contribution in [2.24, 2.45) is 0 Å². The fraction of sp³-hybridized carbons (Fsp3) is 0.167. The lowest BCUT2D eigenvalue weighted by molar-refractivity contribution is -0.131. The van der Waals surface area contributed by atoms with Gasteiger partial charge in [-0.2, -0.15) is 0 Å². The van der Waals surface area contributed by atoms with Gasteiger partial charge in [-0.1, -0.05) is 54.1 Å². The van der Waals surface area contributed by atoms with E-state index < -0.39 is 11.5 Å². The number of thiophene rings is 1. The normalized spacial score (nSPS) is 10.9. The second kappa shape index (κ2) is 8.76. The molecule has 0 aliphatic heterocycles. The van der Waals surface area contributed by atoms with Crippen LogP contribution in [-0.4, -0.2) is 38.5 Å². The topological polar surface area (TPSA) is 92.5 Å². The standard InChI is InChI=1S/C24H21N3O4S/c1-15-7-6-10-17(11-15)21-25-22-20(18(14-32-22)24(30)31)23(29)27(21)13-19(28)26(2)12-16-8-4-3-5-9-16/h3-11,14H,12-13H2,1-2H3,(H,30,31). The van der Waals surface area contributed by atoms with E-state index in [4.69, 9.17) is 0 Å². The first-order valence-corrected chi connectivity index (χ1v) is 10.8. The highest BCUT2D eigenvalue weighted by Crippen LogP contribution is 2.26. The maximum Gasteiger partial charge on any atom is 0.337 e. The molecule has 0 aliphatic carbocycles. The molecule has 4 rings (SSSR count). The van der Waals surface area contributed by atoms with Crippen molar-refractivity contribution in [2.45, 2.75) is 20.0 Å². The molecule has 0 fully saturated rings. The van der Waals surface area contributed by atoms with E-state index >= 15 is 0 Å². The molecular weight excluding hydrogens is 426 g/mol. The van der Waals surface area contributed by atoms with Crippen molar-refractivity contribution in [3.63, 3.8) is 0 Å². The molecule has 8 heteroatoms. The summed E-state index contributed by atoms with van der Waals surface area (Å²) in [6, 6.07) is 17.0. The number of aromatic nitrogens is 2. The van der Waals surface area contributed by atoms with Crippen LogP contribution >= 0.6 is 11.3 Å². The number of amides is 1. The third-order valence-corrected chi connectivity index (χ3v) is 6.05. The van der Waals surface area contributed by atoms with Crippen LogP contribution in [-0.2, 0) is 17.9 Å². The Morgan fingerprint density at radius 1 is 1.12 bits per heavy atom. The SMILES string of the molecule is Cc1cccc(-c2nc3scc(C(=O)O)c3c(=O)n2CC(=O)N(C)Cc2ccccc2)c1. The van der Waals surface area contributed by atoms with E-state index in [9.17, 15) is 19.5 Å². The summed E-state index contributed by atoms with van der Waals surface area (Å²) in [7, 11) is 1.67. The van der Waals surface area contributed by atoms with Crippen molar-refractivity contribution in [3.8, 4) is 11.4 Å². The monoisotopic (exact) mass is 447 g/mol. The zero-order valence-electron chi connectivity index (χ0n) is 17.6. The summed E-state index contributed by atoms with van der Waals surface area (Å²) in [6.45, 7) is 2.07. The van der Waals surface area contributed by atoms with Crippen LogP contribution in [0, 0.1) is 6.92 Å². The fourth-order valence-corrected chi connectivity index (χ4v) is 4.44. The molecule has 0 saturated heterocycles. The molecule has 2 aromatic heterocycles. The summed E-state index contributed by atoms with van der Waals surface area (Å²) in [5.41, 5.74) is 2.00. The number of hydrogen-bond acceptors (Lipinski definition) is 5. The van der Waals surface area contributed by atoms with E-state index in [1.807, 2.05) is 61.5 Å². The number of hydrogen-bond donors (Lipinski definition) is 1. The van der Waals surface area contributed by atoms with Gasteiger partial charge >= 0.3 is 5.97 Å². The Morgan fingerprint density at radius 2 is 1.88 bits per heavy atom. The van der Waals surface area contributed by atoms with Gasteiger partial charge in [-0.25, -0.2) is 9.78 Å². The number of rotatable bonds is 6. The summed E-state index contributed by atoms with van der Waals surface area (Å²) < 4.78 is 1.28. The molecule has 0 atom stereocenters. The van der Waals surface area contributed by atoms with Gasteiger partial charge in [0.2, 0.25) is 5.91 Å². The van der Waals surface area contributed by atoms with Crippen LogP contribution in [0.3, 0.4) is 0 Å². The summed E-state index contributed by atoms with van der Waals surface area (Å²) in [5, 5.41) is 10.9. The highest BCUT2D eigenvalue weighted by molar-refractivity contribution is 7.17. The Balaban J connectivity index is 1.80. The smallest absolute Gasteiger partial charge is 0.337 e. The van der Waals surface area contributed by atoms with E-state index in [0.29, 0.717) is 22.8 Å². The zero-order valence-corrected chi connectivity index (χ0v) is 18.4. The maximum atomic E-state index is 13.4. The van der Waals surface area contributed by atoms with Gasteiger partial charge in [-0.05, 0) is 18.6 Å². The molecular formula is C24H21N3O4S. The van der Waals surface area contributed by atoms with Gasteiger partial charge in [-0.3, -0.25) is 14.2 Å². The number of nitrogens with zero attached hydrogens (tertiary/aromatic N) is 3. The van der Waals surface area contributed by atoms with Gasteiger partial charge in [0.15, 0.2) is 0 Å². The van der Waals surface area contributed by atoms with Gasteiger partial charge in [0, 0.05) is 24.5 Å². The lowest BCUT2D eigenvalue weighted by Crippen LogP contribution is -2.35. The van der Waals surface area contributed by atoms with Crippen LogP contribution in [0.2, 0.25) is 0 Å². The van der Waals surface area contributed by atoms with Crippen molar-refractivity contribution in [2.75, 3.05) is 7.05 Å². The van der Waals surface area contributed by atoms with E-state index in [0.717, 1.165) is 22.5 Å². The number of carboxylic acids is 1. The number of fused-ring (bicyclic) bond motifs is 1. The van der Waals surface area contributed by atoms with Crippen LogP contribution < -0.4 is 5.56 Å². The van der Waals surface area contributed by atoms with Crippen LogP contribution in [0.15, 0.2) is 64.8 Å². The molecule has 2 heterocycles. The first-order chi connectivity index (χ1) is 15.3. The van der Waals surface area contributed by atoms with Gasteiger partial charge < -0.3 is 10.0 Å². The van der Waals surface area contributed by atoms with Crippen LogP contribution in [0.4, 0.5) is 0 Å². The van der Waals surface area contributed by atoms with Crippen molar-refractivity contribution in [1.82, 2.24) is 14.5 Å². The molecule has 0 bridgehead atoms. The van der Waals surface area contributed by atoms with E-state index in [-0.39, 0.29) is 23.4 Å². The summed E-state index contributed by atoms with van der Waals surface area (Å²) in [4.78, 5) is 44.5. The highest BCUT2D eigenvalue weighted by atomic mass is 32.1. The molecule has 32 heavy (non-hydrogen) atoms. The van der Waals surface area contributed by atoms with Crippen LogP contribution in [0.1, 0.15) is 21.5 Å². The molecule has 7 nitrogen and oxygen atoms in total.